The van der Waals surface area contributed by atoms with Gasteiger partial charge in [-0.15, -0.1) is 0 Å². The summed E-state index contributed by atoms with van der Waals surface area (Å²) in [7, 11) is 0. The van der Waals surface area contributed by atoms with Gasteiger partial charge in [0, 0.05) is 37.8 Å². The molecule has 0 unspecified atom stereocenters. The summed E-state index contributed by atoms with van der Waals surface area (Å²) >= 11 is 0. The van der Waals surface area contributed by atoms with Crippen LogP contribution in [0.2, 0.25) is 0 Å². The van der Waals surface area contributed by atoms with Crippen LogP contribution in [0.5, 0.6) is 0 Å². The molecule has 0 bridgehead atoms. The van der Waals surface area contributed by atoms with Crippen molar-refractivity contribution in [1.29, 1.82) is 0 Å². The van der Waals surface area contributed by atoms with Crippen molar-refractivity contribution in [2.24, 2.45) is 0 Å². The van der Waals surface area contributed by atoms with Gasteiger partial charge in [0.1, 0.15) is 0 Å². The zero-order valence-corrected chi connectivity index (χ0v) is 3.79. The van der Waals surface area contributed by atoms with Crippen LogP contribution in [-0.4, -0.2) is 40.4 Å². The molecular formula is H5AlCoMgMo. The molecular weight excluding hydrogens is 206 g/mol. The van der Waals surface area contributed by atoms with Crippen LogP contribution in [0, 0.1) is 0 Å². The van der Waals surface area contributed by atoms with E-state index in [1.54, 1.807) is 0 Å². The standard InChI is InChI=1S/Al.Co.Mg.Mo.5H. The average molecular weight is 211 g/mol. The minimum absolute atomic E-state index is 0. The molecule has 0 aromatic rings. The summed E-state index contributed by atoms with van der Waals surface area (Å²) in [6, 6.07) is 0. The van der Waals surface area contributed by atoms with Crippen LogP contribution in [0.1, 0.15) is 0 Å². The molecule has 1 radical (unpaired) electrons. The predicted octanol–water partition coefficient (Wildman–Crippen LogP) is -2.11. The van der Waals surface area contributed by atoms with Gasteiger partial charge in [-0.25, -0.2) is 0 Å². The van der Waals surface area contributed by atoms with Crippen molar-refractivity contribution >= 4 is 40.4 Å². The maximum absolute atomic E-state index is 0. The second-order valence-electron chi connectivity index (χ2n) is 0. The van der Waals surface area contributed by atoms with Gasteiger partial charge in [-0.2, -0.15) is 0 Å². The van der Waals surface area contributed by atoms with Crippen molar-refractivity contribution in [2.45, 2.75) is 0 Å². The first-order valence-electron chi connectivity index (χ1n) is 0. The Morgan fingerprint density at radius 2 is 1.00 bits per heavy atom. The van der Waals surface area contributed by atoms with Gasteiger partial charge in [0.15, 0.2) is 17.4 Å². The van der Waals surface area contributed by atoms with Crippen LogP contribution in [0.3, 0.4) is 0 Å². The van der Waals surface area contributed by atoms with E-state index < -0.39 is 0 Å². The van der Waals surface area contributed by atoms with Gasteiger partial charge in [-0.05, 0) is 0 Å². The number of hydrogen-bond acceptors (Lipinski definition) is 0. The molecule has 0 aromatic heterocycles. The Morgan fingerprint density at radius 1 is 1.00 bits per heavy atom. The molecule has 0 fully saturated rings. The summed E-state index contributed by atoms with van der Waals surface area (Å²) in [6.45, 7) is 0. The summed E-state index contributed by atoms with van der Waals surface area (Å²) in [5.74, 6) is 0. The molecule has 25 valence electrons. The van der Waals surface area contributed by atoms with E-state index >= 15 is 0 Å². The summed E-state index contributed by atoms with van der Waals surface area (Å²) in [6.07, 6.45) is 0. The van der Waals surface area contributed by atoms with Crippen molar-refractivity contribution in [3.63, 3.8) is 0 Å². The molecule has 4 heteroatoms. The van der Waals surface area contributed by atoms with Gasteiger partial charge in [0.25, 0.3) is 0 Å². The van der Waals surface area contributed by atoms with Crippen molar-refractivity contribution in [3.05, 3.63) is 0 Å². The topological polar surface area (TPSA) is 0 Å². The van der Waals surface area contributed by atoms with Crippen LogP contribution in [0.25, 0.3) is 0 Å². The summed E-state index contributed by atoms with van der Waals surface area (Å²) in [4.78, 5) is 0. The molecule has 0 nitrogen and oxygen atoms in total. The SMILES string of the molecule is [AlH3].[Co].[MgH2].[Mo]. The molecule has 0 saturated carbocycles. The molecule has 0 aliphatic carbocycles. The summed E-state index contributed by atoms with van der Waals surface area (Å²) in [5, 5.41) is 0. The minimum Gasteiger partial charge on any atom is 0 e. The van der Waals surface area contributed by atoms with Gasteiger partial charge in [0.2, 0.25) is 0 Å². The molecule has 0 heterocycles. The van der Waals surface area contributed by atoms with Crippen molar-refractivity contribution in [3.8, 4) is 0 Å². The quantitative estimate of drug-likeness (QED) is 0.402. The molecule has 0 aliphatic rings. The zero-order valence-electron chi connectivity index (χ0n) is 0.742. The Labute approximate surface area is 77.2 Å². The van der Waals surface area contributed by atoms with Crippen LogP contribution >= 0.6 is 0 Å². The fourth-order valence-electron chi connectivity index (χ4n) is 0. The van der Waals surface area contributed by atoms with E-state index in [1.807, 2.05) is 0 Å². The number of hydrogen-bond donors (Lipinski definition) is 0. The van der Waals surface area contributed by atoms with E-state index in [0.717, 1.165) is 0 Å². The van der Waals surface area contributed by atoms with E-state index in [0.29, 0.717) is 0 Å². The monoisotopic (exact) mass is 213 g/mol. The van der Waals surface area contributed by atoms with E-state index in [2.05, 4.69) is 0 Å². The fraction of sp³-hybridized carbons (Fsp3) is 0. The van der Waals surface area contributed by atoms with Crippen LogP contribution in [0.4, 0.5) is 0 Å². The Hall–Kier alpha value is 2.49. The first-order valence-corrected chi connectivity index (χ1v) is 0. The Morgan fingerprint density at radius 3 is 1.00 bits per heavy atom. The third kappa shape index (κ3) is 8.82. The normalized spacial score (nSPS) is 0. The van der Waals surface area contributed by atoms with Gasteiger partial charge < -0.3 is 0 Å². The molecule has 0 saturated heterocycles. The van der Waals surface area contributed by atoms with E-state index in [1.165, 1.54) is 0 Å². The molecule has 0 atom stereocenters. The second-order valence-corrected chi connectivity index (χ2v) is 0. The first kappa shape index (κ1) is 31.5. The summed E-state index contributed by atoms with van der Waals surface area (Å²) < 4.78 is 0. The smallest absolute Gasteiger partial charge is 0 e. The predicted molar refractivity (Wildman–Crippen MR) is 18.5 cm³/mol. The molecule has 0 spiro atoms. The van der Waals surface area contributed by atoms with Crippen molar-refractivity contribution < 1.29 is 37.8 Å². The molecule has 4 heavy (non-hydrogen) atoms. The first-order chi connectivity index (χ1) is 0. The summed E-state index contributed by atoms with van der Waals surface area (Å²) in [5.41, 5.74) is 0. The van der Waals surface area contributed by atoms with Crippen LogP contribution in [0.15, 0.2) is 0 Å². The molecule has 0 rings (SSSR count). The maximum atomic E-state index is 0. The Kier molecular flexibility index (Phi) is 141. The van der Waals surface area contributed by atoms with Gasteiger partial charge in [-0.3, -0.25) is 0 Å². The molecule has 0 amide bonds. The second kappa shape index (κ2) is 17.8. The largest absolute Gasteiger partial charge is 0.316 e. The van der Waals surface area contributed by atoms with Crippen LogP contribution in [-0.2, 0) is 37.8 Å². The molecule has 0 aromatic carbocycles. The number of rotatable bonds is 0. The van der Waals surface area contributed by atoms with E-state index in [9.17, 15) is 0 Å². The Bertz CT molecular complexity index is 8.00. The van der Waals surface area contributed by atoms with Crippen molar-refractivity contribution in [2.75, 3.05) is 0 Å². The molecule has 0 aliphatic heterocycles. The van der Waals surface area contributed by atoms with Gasteiger partial charge in [0.05, 0.1) is 0 Å². The fourth-order valence-corrected chi connectivity index (χ4v) is 0. The molecule has 0 N–H and O–H groups in total. The van der Waals surface area contributed by atoms with Crippen molar-refractivity contribution in [1.82, 2.24) is 0 Å². The Balaban J connectivity index is 0. The average Bonchev–Trinajstić information content (AvgIpc) is 0. The zero-order chi connectivity index (χ0) is 0. The van der Waals surface area contributed by atoms with Gasteiger partial charge in [-0.1, -0.05) is 0 Å². The van der Waals surface area contributed by atoms with E-state index in [4.69, 9.17) is 0 Å². The maximum Gasteiger partial charge on any atom is 0.316 e. The van der Waals surface area contributed by atoms with Crippen LogP contribution < -0.4 is 0 Å². The third-order valence-electron chi connectivity index (χ3n) is 0. The third-order valence-corrected chi connectivity index (χ3v) is 0. The van der Waals surface area contributed by atoms with Gasteiger partial charge >= 0.3 is 23.1 Å². The minimum atomic E-state index is 0. The van der Waals surface area contributed by atoms with E-state index in [-0.39, 0.29) is 78.3 Å².